The van der Waals surface area contributed by atoms with Gasteiger partial charge in [0.15, 0.2) is 0 Å². The standard InChI is InChI=1S/C9H9O2.2H2O.O.Sb/c1-2-11-9(10)8-6-4-3-5-7-8;;;;/h3-4,6-7H,2H2,1H3;2*1H2;;/q;;;;+2/p-2. The number of hydrogen-bond donors (Lipinski definition) is 2. The van der Waals surface area contributed by atoms with Crippen molar-refractivity contribution in [2.45, 2.75) is 6.92 Å². The number of rotatable bonds is 3. The number of ether oxygens (including phenoxy) is 1. The van der Waals surface area contributed by atoms with Crippen LogP contribution >= 0.6 is 0 Å². The summed E-state index contributed by atoms with van der Waals surface area (Å²) >= 11 is -5.21. The summed E-state index contributed by atoms with van der Waals surface area (Å²) in [7, 11) is 0. The topological polar surface area (TPSA) is 83.8 Å². The van der Waals surface area contributed by atoms with Crippen LogP contribution in [0.4, 0.5) is 0 Å². The van der Waals surface area contributed by atoms with Gasteiger partial charge in [-0.2, -0.15) is 0 Å². The Morgan fingerprint density at radius 1 is 1.47 bits per heavy atom. The zero-order valence-electron chi connectivity index (χ0n) is 8.08. The van der Waals surface area contributed by atoms with Gasteiger partial charge in [0.1, 0.15) is 0 Å². The Hall–Kier alpha value is -0.772. The first-order valence-electron chi connectivity index (χ1n) is 4.28. The van der Waals surface area contributed by atoms with Gasteiger partial charge in [0, 0.05) is 0 Å². The SMILES string of the molecule is CCOC(=O)c1ccc[c]([Sb](=[O])([OH])[OH])c1. The molecule has 0 radical (unpaired) electrons. The molecule has 0 saturated carbocycles. The van der Waals surface area contributed by atoms with Gasteiger partial charge in [0.2, 0.25) is 0 Å². The molecule has 0 aliphatic heterocycles. The quantitative estimate of drug-likeness (QED) is 0.575. The van der Waals surface area contributed by atoms with Gasteiger partial charge in [-0.05, 0) is 0 Å². The molecule has 6 heteroatoms. The first-order valence-corrected chi connectivity index (χ1v) is 8.88. The number of benzene rings is 1. The molecule has 0 aliphatic rings. The summed E-state index contributed by atoms with van der Waals surface area (Å²) in [5.74, 6) is -0.576. The molecule has 1 aromatic rings. The Morgan fingerprint density at radius 3 is 2.67 bits per heavy atom. The predicted molar refractivity (Wildman–Crippen MR) is 52.9 cm³/mol. The van der Waals surface area contributed by atoms with Crippen LogP contribution in [0.2, 0.25) is 0 Å². The van der Waals surface area contributed by atoms with Crippen LogP contribution in [0.15, 0.2) is 24.3 Å². The Morgan fingerprint density at radius 2 is 2.13 bits per heavy atom. The van der Waals surface area contributed by atoms with Gasteiger partial charge in [0.25, 0.3) is 0 Å². The fraction of sp³-hybridized carbons (Fsp3) is 0.222. The third kappa shape index (κ3) is 3.38. The molecule has 0 aromatic heterocycles. The van der Waals surface area contributed by atoms with Crippen molar-refractivity contribution in [3.63, 3.8) is 0 Å². The summed E-state index contributed by atoms with van der Waals surface area (Å²) in [4.78, 5) is 11.3. The van der Waals surface area contributed by atoms with Gasteiger partial charge in [-0.15, -0.1) is 0 Å². The maximum absolute atomic E-state index is 11.3. The molecule has 1 rings (SSSR count). The average molecular weight is 321 g/mol. The molecule has 0 fully saturated rings. The van der Waals surface area contributed by atoms with Gasteiger partial charge >= 0.3 is 91.8 Å². The van der Waals surface area contributed by atoms with Crippen LogP contribution in [0.25, 0.3) is 0 Å². The van der Waals surface area contributed by atoms with Crippen molar-refractivity contribution in [2.75, 3.05) is 6.61 Å². The molecule has 0 heterocycles. The summed E-state index contributed by atoms with van der Waals surface area (Å²) in [5.41, 5.74) is 0.159. The molecule has 0 unspecified atom stereocenters. The van der Waals surface area contributed by atoms with E-state index in [1.165, 1.54) is 24.3 Å². The van der Waals surface area contributed by atoms with Crippen molar-refractivity contribution >= 4 is 29.1 Å². The van der Waals surface area contributed by atoms with Crippen molar-refractivity contribution in [3.05, 3.63) is 29.8 Å². The van der Waals surface area contributed by atoms with Gasteiger partial charge in [-0.3, -0.25) is 0 Å². The summed E-state index contributed by atoms with van der Waals surface area (Å²) in [5, 5.41) is 0. The molecule has 82 valence electrons. The number of hydrogen-bond acceptors (Lipinski definition) is 3. The van der Waals surface area contributed by atoms with Crippen LogP contribution in [0.1, 0.15) is 17.3 Å². The van der Waals surface area contributed by atoms with Crippen LogP contribution in [0.3, 0.4) is 0 Å². The molecule has 0 bridgehead atoms. The van der Waals surface area contributed by atoms with E-state index in [-0.39, 0.29) is 15.7 Å². The Labute approximate surface area is 91.8 Å². The van der Waals surface area contributed by atoms with E-state index < -0.39 is 25.6 Å². The molecule has 0 atom stereocenters. The number of esters is 1. The van der Waals surface area contributed by atoms with E-state index in [9.17, 15) is 7.81 Å². The first-order chi connectivity index (χ1) is 6.95. The number of carbonyl (C=O) groups excluding carboxylic acids is 1. The second-order valence-corrected chi connectivity index (χ2v) is 7.39. The fourth-order valence-electron chi connectivity index (χ4n) is 1.03. The molecule has 0 spiro atoms. The molecular formula is C9H11O5Sb. The zero-order chi connectivity index (χ0) is 11.5. The van der Waals surface area contributed by atoms with Crippen molar-refractivity contribution in [1.29, 1.82) is 0 Å². The monoisotopic (exact) mass is 320 g/mol. The summed E-state index contributed by atoms with van der Waals surface area (Å²) in [6.07, 6.45) is 0. The Bertz CT molecular complexity index is 409. The minimum atomic E-state index is -5.21. The summed E-state index contributed by atoms with van der Waals surface area (Å²) in [6, 6.07) is 5.37. The van der Waals surface area contributed by atoms with Crippen molar-refractivity contribution < 1.29 is 19.3 Å². The second-order valence-electron chi connectivity index (χ2n) is 2.81. The van der Waals surface area contributed by atoms with Crippen molar-refractivity contribution in [2.24, 2.45) is 0 Å². The molecule has 1 aromatic carbocycles. The van der Waals surface area contributed by atoms with Crippen LogP contribution in [-0.2, 0) is 7.75 Å². The first kappa shape index (κ1) is 12.3. The maximum atomic E-state index is 11.3. The van der Waals surface area contributed by atoms with Crippen LogP contribution in [0.5, 0.6) is 0 Å². The summed E-state index contributed by atoms with van der Waals surface area (Å²) < 4.78 is 33.6. The van der Waals surface area contributed by atoms with Gasteiger partial charge in [-0.25, -0.2) is 0 Å². The molecule has 0 aliphatic carbocycles. The van der Waals surface area contributed by atoms with Gasteiger partial charge in [0.05, 0.1) is 0 Å². The molecule has 0 amide bonds. The fourth-order valence-corrected chi connectivity index (χ4v) is 2.71. The van der Waals surface area contributed by atoms with Crippen molar-refractivity contribution in [1.82, 2.24) is 0 Å². The zero-order valence-corrected chi connectivity index (χ0v) is 10.6. The minimum absolute atomic E-state index is 0.0981. The van der Waals surface area contributed by atoms with Gasteiger partial charge < -0.3 is 0 Å². The normalized spacial score (nSPS) is 11.1. The van der Waals surface area contributed by atoms with E-state index in [1.807, 2.05) is 0 Å². The van der Waals surface area contributed by atoms with Crippen molar-refractivity contribution in [3.8, 4) is 0 Å². The predicted octanol–water partition coefficient (Wildman–Crippen LogP) is -0.576. The third-order valence-corrected chi connectivity index (χ3v) is 4.41. The summed E-state index contributed by atoms with van der Waals surface area (Å²) in [6.45, 7) is 1.89. The van der Waals surface area contributed by atoms with E-state index in [0.29, 0.717) is 0 Å². The van der Waals surface area contributed by atoms with Crippen LogP contribution in [-0.4, -0.2) is 39.0 Å². The Kier molecular flexibility index (Phi) is 3.96. The second kappa shape index (κ2) is 4.83. The van der Waals surface area contributed by atoms with E-state index in [2.05, 4.69) is 0 Å². The van der Waals surface area contributed by atoms with E-state index >= 15 is 0 Å². The Balaban J connectivity index is 3.03. The molecule has 0 saturated heterocycles. The van der Waals surface area contributed by atoms with E-state index in [0.717, 1.165) is 0 Å². The molecule has 2 N–H and O–H groups in total. The third-order valence-electron chi connectivity index (χ3n) is 1.69. The molecule has 5 nitrogen and oxygen atoms in total. The van der Waals surface area contributed by atoms with E-state index in [1.54, 1.807) is 6.92 Å². The molecular weight excluding hydrogens is 310 g/mol. The average Bonchev–Trinajstić information content (AvgIpc) is 2.17. The molecule has 15 heavy (non-hydrogen) atoms. The number of carbonyl (C=O) groups is 1. The van der Waals surface area contributed by atoms with Crippen LogP contribution < -0.4 is 3.51 Å². The van der Waals surface area contributed by atoms with Gasteiger partial charge in [-0.1, -0.05) is 0 Å². The van der Waals surface area contributed by atoms with Crippen LogP contribution in [0, 0.1) is 0 Å². The van der Waals surface area contributed by atoms with E-state index in [4.69, 9.17) is 11.5 Å².